The van der Waals surface area contributed by atoms with Gasteiger partial charge in [-0.2, -0.15) is 0 Å². The van der Waals surface area contributed by atoms with Gasteiger partial charge in [-0.3, -0.25) is 0 Å². The van der Waals surface area contributed by atoms with E-state index in [1.807, 2.05) is 24.3 Å². The quantitative estimate of drug-likeness (QED) is 0.702. The van der Waals surface area contributed by atoms with Gasteiger partial charge in [0.1, 0.15) is 5.75 Å². The second-order valence-corrected chi connectivity index (χ2v) is 5.07. The fourth-order valence-electron chi connectivity index (χ4n) is 1.70. The molecule has 0 radical (unpaired) electrons. The molecule has 4 heteroatoms. The van der Waals surface area contributed by atoms with Crippen molar-refractivity contribution < 1.29 is 9.84 Å². The molecule has 0 bridgehead atoms. The fourth-order valence-corrected chi connectivity index (χ4v) is 1.70. The van der Waals surface area contributed by atoms with E-state index in [1.54, 1.807) is 7.11 Å². The van der Waals surface area contributed by atoms with Crippen LogP contribution in [-0.4, -0.2) is 49.8 Å². The summed E-state index contributed by atoms with van der Waals surface area (Å²) in [6, 6.07) is 8.07. The van der Waals surface area contributed by atoms with Crippen molar-refractivity contribution in [3.8, 4) is 5.75 Å². The molecule has 0 heterocycles. The summed E-state index contributed by atoms with van der Waals surface area (Å²) in [7, 11) is 3.74. The maximum absolute atomic E-state index is 10.0. The first-order valence-electron chi connectivity index (χ1n) is 6.77. The van der Waals surface area contributed by atoms with Gasteiger partial charge in [-0.1, -0.05) is 12.1 Å². The molecule has 108 valence electrons. The summed E-state index contributed by atoms with van der Waals surface area (Å²) in [5.74, 6) is 0.808. The average Bonchev–Trinajstić information content (AvgIpc) is 2.43. The number of hydrogen-bond acceptors (Lipinski definition) is 4. The maximum atomic E-state index is 10.0. The van der Waals surface area contributed by atoms with E-state index < -0.39 is 6.10 Å². The Morgan fingerprint density at radius 2 is 1.89 bits per heavy atom. The summed E-state index contributed by atoms with van der Waals surface area (Å²) in [6.45, 7) is 6.77. The normalized spacial score (nSPS) is 13.0. The monoisotopic (exact) mass is 266 g/mol. The molecule has 0 spiro atoms. The van der Waals surface area contributed by atoms with Crippen LogP contribution in [0.5, 0.6) is 5.75 Å². The van der Waals surface area contributed by atoms with E-state index in [0.717, 1.165) is 24.4 Å². The van der Waals surface area contributed by atoms with Gasteiger partial charge in [-0.15, -0.1) is 0 Å². The van der Waals surface area contributed by atoms with Crippen molar-refractivity contribution in [2.45, 2.75) is 26.0 Å². The minimum Gasteiger partial charge on any atom is -0.497 e. The number of benzene rings is 1. The number of rotatable bonds is 8. The van der Waals surface area contributed by atoms with Crippen LogP contribution < -0.4 is 10.1 Å². The van der Waals surface area contributed by atoms with Crippen molar-refractivity contribution in [3.63, 3.8) is 0 Å². The van der Waals surface area contributed by atoms with Gasteiger partial charge in [0.05, 0.1) is 13.2 Å². The van der Waals surface area contributed by atoms with Crippen LogP contribution in [0.1, 0.15) is 25.5 Å². The maximum Gasteiger partial charge on any atom is 0.118 e. The molecule has 0 saturated carbocycles. The Kier molecular flexibility index (Phi) is 6.84. The van der Waals surface area contributed by atoms with Gasteiger partial charge >= 0.3 is 0 Å². The van der Waals surface area contributed by atoms with Crippen molar-refractivity contribution in [2.75, 3.05) is 33.8 Å². The Labute approximate surface area is 116 Å². The van der Waals surface area contributed by atoms with Crippen LogP contribution in [-0.2, 0) is 0 Å². The van der Waals surface area contributed by atoms with E-state index in [1.165, 1.54) is 0 Å². The van der Waals surface area contributed by atoms with Gasteiger partial charge in [0.15, 0.2) is 0 Å². The number of nitrogens with zero attached hydrogens (tertiary/aromatic N) is 1. The molecule has 4 nitrogen and oxygen atoms in total. The molecule has 0 aromatic heterocycles. The van der Waals surface area contributed by atoms with Gasteiger partial charge in [-0.05, 0) is 38.6 Å². The highest BCUT2D eigenvalue weighted by molar-refractivity contribution is 5.28. The number of ether oxygens (including phenoxy) is 1. The minimum absolute atomic E-state index is 0.477. The summed E-state index contributed by atoms with van der Waals surface area (Å²) in [4.78, 5) is 2.27. The summed E-state index contributed by atoms with van der Waals surface area (Å²) in [6.07, 6.45) is -0.477. The van der Waals surface area contributed by atoms with E-state index in [9.17, 15) is 5.11 Å². The van der Waals surface area contributed by atoms with E-state index in [2.05, 4.69) is 31.1 Å². The second kappa shape index (κ2) is 8.15. The van der Waals surface area contributed by atoms with E-state index >= 15 is 0 Å². The lowest BCUT2D eigenvalue weighted by atomic mass is 10.1. The summed E-state index contributed by atoms with van der Waals surface area (Å²) >= 11 is 0. The van der Waals surface area contributed by atoms with Crippen LogP contribution in [0.4, 0.5) is 0 Å². The topological polar surface area (TPSA) is 44.7 Å². The summed E-state index contributed by atoms with van der Waals surface area (Å²) in [5, 5.41) is 13.3. The lowest BCUT2D eigenvalue weighted by Crippen LogP contribution is -2.35. The molecule has 0 aliphatic heterocycles. The van der Waals surface area contributed by atoms with Gasteiger partial charge < -0.3 is 20.1 Å². The first kappa shape index (κ1) is 16.0. The average molecular weight is 266 g/mol. The van der Waals surface area contributed by atoms with Gasteiger partial charge in [-0.25, -0.2) is 0 Å². The van der Waals surface area contributed by atoms with Crippen molar-refractivity contribution in [3.05, 3.63) is 29.8 Å². The highest BCUT2D eigenvalue weighted by Crippen LogP contribution is 2.16. The first-order chi connectivity index (χ1) is 9.04. The van der Waals surface area contributed by atoms with E-state index in [-0.39, 0.29) is 0 Å². The molecule has 0 fully saturated rings. The van der Waals surface area contributed by atoms with Gasteiger partial charge in [0, 0.05) is 25.7 Å². The van der Waals surface area contributed by atoms with Crippen LogP contribution in [0.2, 0.25) is 0 Å². The van der Waals surface area contributed by atoms with Gasteiger partial charge in [0.2, 0.25) is 0 Å². The predicted molar refractivity (Wildman–Crippen MR) is 78.6 cm³/mol. The summed E-state index contributed by atoms with van der Waals surface area (Å²) in [5.41, 5.74) is 0.908. The largest absolute Gasteiger partial charge is 0.497 e. The minimum atomic E-state index is -0.477. The standard InChI is InChI=1S/C15H26N2O2/c1-12(2)17(3)10-9-16-11-15(18)13-5-7-14(19-4)8-6-13/h5-8,12,15-16,18H,9-11H2,1-4H3. The zero-order valence-corrected chi connectivity index (χ0v) is 12.4. The van der Waals surface area contributed by atoms with Crippen LogP contribution in [0.15, 0.2) is 24.3 Å². The predicted octanol–water partition coefficient (Wildman–Crippen LogP) is 1.66. The molecule has 0 aliphatic rings. The molecular weight excluding hydrogens is 240 g/mol. The zero-order chi connectivity index (χ0) is 14.3. The zero-order valence-electron chi connectivity index (χ0n) is 12.4. The highest BCUT2D eigenvalue weighted by Gasteiger charge is 2.07. The third-order valence-electron chi connectivity index (χ3n) is 3.36. The molecule has 0 aliphatic carbocycles. The molecule has 1 aromatic rings. The number of aliphatic hydroxyl groups excluding tert-OH is 1. The first-order valence-corrected chi connectivity index (χ1v) is 6.77. The van der Waals surface area contributed by atoms with Crippen molar-refractivity contribution in [2.24, 2.45) is 0 Å². The smallest absolute Gasteiger partial charge is 0.118 e. The lowest BCUT2D eigenvalue weighted by molar-refractivity contribution is 0.171. The van der Waals surface area contributed by atoms with Crippen LogP contribution in [0.25, 0.3) is 0 Å². The van der Waals surface area contributed by atoms with E-state index in [4.69, 9.17) is 4.74 Å². The highest BCUT2D eigenvalue weighted by atomic mass is 16.5. The van der Waals surface area contributed by atoms with Gasteiger partial charge in [0.25, 0.3) is 0 Å². The lowest BCUT2D eigenvalue weighted by Gasteiger charge is -2.21. The Morgan fingerprint density at radius 1 is 1.26 bits per heavy atom. The number of hydrogen-bond donors (Lipinski definition) is 2. The third kappa shape index (κ3) is 5.59. The molecular formula is C15H26N2O2. The molecule has 2 N–H and O–H groups in total. The SMILES string of the molecule is COc1ccc(C(O)CNCCN(C)C(C)C)cc1. The molecule has 1 unspecified atom stereocenters. The third-order valence-corrected chi connectivity index (χ3v) is 3.36. The van der Waals surface area contributed by atoms with E-state index in [0.29, 0.717) is 12.6 Å². The van der Waals surface area contributed by atoms with Crippen LogP contribution >= 0.6 is 0 Å². The molecule has 1 aromatic carbocycles. The number of aliphatic hydroxyl groups is 1. The number of methoxy groups -OCH3 is 1. The Hall–Kier alpha value is -1.10. The molecule has 1 atom stereocenters. The summed E-state index contributed by atoms with van der Waals surface area (Å²) < 4.78 is 5.09. The molecule has 19 heavy (non-hydrogen) atoms. The Bertz CT molecular complexity index is 352. The fraction of sp³-hybridized carbons (Fsp3) is 0.600. The molecule has 0 saturated heterocycles. The second-order valence-electron chi connectivity index (χ2n) is 5.07. The van der Waals surface area contributed by atoms with Crippen molar-refractivity contribution in [1.29, 1.82) is 0 Å². The Morgan fingerprint density at radius 3 is 2.42 bits per heavy atom. The molecule has 0 amide bonds. The molecule has 1 rings (SSSR count). The van der Waals surface area contributed by atoms with Crippen molar-refractivity contribution >= 4 is 0 Å². The number of nitrogens with one attached hydrogen (secondary N) is 1. The number of likely N-dealkylation sites (N-methyl/N-ethyl adjacent to an activating group) is 1. The van der Waals surface area contributed by atoms with Crippen molar-refractivity contribution in [1.82, 2.24) is 10.2 Å². The van der Waals surface area contributed by atoms with Crippen LogP contribution in [0, 0.1) is 0 Å². The van der Waals surface area contributed by atoms with Crippen LogP contribution in [0.3, 0.4) is 0 Å². The Balaban J connectivity index is 2.28.